The summed E-state index contributed by atoms with van der Waals surface area (Å²) in [5.74, 6) is -0.0870. The fourth-order valence-corrected chi connectivity index (χ4v) is 2.83. The zero-order chi connectivity index (χ0) is 13.4. The summed E-state index contributed by atoms with van der Waals surface area (Å²) in [6.07, 6.45) is 4.48. The third-order valence-electron chi connectivity index (χ3n) is 3.09. The van der Waals surface area contributed by atoms with Crippen LogP contribution in [0.5, 0.6) is 5.88 Å². The van der Waals surface area contributed by atoms with Crippen molar-refractivity contribution in [2.75, 3.05) is 0 Å². The standard InChI is InChI=1S/C14H12N2O2S/c1-2-8-4-3-5-10-9(7-15-12(8)10)6-11-13(17)16-14(18)19-11/h3-7,17H,2H2,1H3,(H,16,18)/b9-6+. The maximum atomic E-state index is 11.2. The van der Waals surface area contributed by atoms with Crippen LogP contribution in [-0.4, -0.2) is 16.3 Å². The quantitative estimate of drug-likeness (QED) is 0.882. The summed E-state index contributed by atoms with van der Waals surface area (Å²) < 4.78 is 0. The highest BCUT2D eigenvalue weighted by Crippen LogP contribution is 2.36. The fraction of sp³-hybridized carbons (Fsp3) is 0.143. The molecule has 0 radical (unpaired) electrons. The summed E-state index contributed by atoms with van der Waals surface area (Å²) in [7, 11) is 0. The maximum absolute atomic E-state index is 11.2. The molecule has 1 aromatic heterocycles. The van der Waals surface area contributed by atoms with E-state index in [-0.39, 0.29) is 10.8 Å². The van der Waals surface area contributed by atoms with Gasteiger partial charge in [0.05, 0.1) is 10.6 Å². The van der Waals surface area contributed by atoms with Crippen molar-refractivity contribution in [3.05, 3.63) is 43.9 Å². The second-order valence-corrected chi connectivity index (χ2v) is 5.27. The molecule has 0 saturated heterocycles. The van der Waals surface area contributed by atoms with Gasteiger partial charge < -0.3 is 5.11 Å². The van der Waals surface area contributed by atoms with Gasteiger partial charge in [0, 0.05) is 17.4 Å². The summed E-state index contributed by atoms with van der Waals surface area (Å²) in [4.78, 5) is 18.2. The maximum Gasteiger partial charge on any atom is 0.307 e. The van der Waals surface area contributed by atoms with Crippen molar-refractivity contribution in [1.29, 1.82) is 0 Å². The minimum Gasteiger partial charge on any atom is -0.493 e. The van der Waals surface area contributed by atoms with Crippen molar-refractivity contribution in [2.24, 2.45) is 4.99 Å². The number of aliphatic imine (C=N–C) groups is 1. The molecule has 0 aliphatic carbocycles. The highest BCUT2D eigenvalue weighted by atomic mass is 32.1. The van der Waals surface area contributed by atoms with Gasteiger partial charge in [-0.15, -0.1) is 0 Å². The van der Waals surface area contributed by atoms with E-state index in [9.17, 15) is 9.90 Å². The zero-order valence-electron chi connectivity index (χ0n) is 10.3. The Balaban J connectivity index is 2.10. The van der Waals surface area contributed by atoms with E-state index in [1.54, 1.807) is 12.3 Å². The summed E-state index contributed by atoms with van der Waals surface area (Å²) in [5, 5.41) is 9.61. The number of benzene rings is 1. The SMILES string of the molecule is CCc1cccc2c1N=C/C2=C\c1sc(=O)[nH]c1O. The smallest absolute Gasteiger partial charge is 0.307 e. The molecule has 0 amide bonds. The van der Waals surface area contributed by atoms with Crippen LogP contribution < -0.4 is 4.87 Å². The number of rotatable bonds is 2. The second-order valence-electron chi connectivity index (χ2n) is 4.25. The van der Waals surface area contributed by atoms with Gasteiger partial charge in [0.15, 0.2) is 0 Å². The van der Waals surface area contributed by atoms with Gasteiger partial charge in [-0.1, -0.05) is 36.5 Å². The Morgan fingerprint density at radius 1 is 1.47 bits per heavy atom. The normalized spacial score (nSPS) is 15.1. The van der Waals surface area contributed by atoms with E-state index in [4.69, 9.17) is 0 Å². The van der Waals surface area contributed by atoms with Crippen LogP contribution in [0.4, 0.5) is 5.69 Å². The highest BCUT2D eigenvalue weighted by Gasteiger charge is 2.16. The Morgan fingerprint density at radius 3 is 3.00 bits per heavy atom. The third kappa shape index (κ3) is 2.02. The van der Waals surface area contributed by atoms with Gasteiger partial charge in [-0.2, -0.15) is 0 Å². The highest BCUT2D eigenvalue weighted by molar-refractivity contribution is 7.10. The number of fused-ring (bicyclic) bond motifs is 1. The number of aromatic hydroxyl groups is 1. The molecular weight excluding hydrogens is 260 g/mol. The molecule has 19 heavy (non-hydrogen) atoms. The summed E-state index contributed by atoms with van der Waals surface area (Å²) >= 11 is 0.987. The van der Waals surface area contributed by atoms with Crippen LogP contribution in [0.15, 0.2) is 28.0 Å². The minimum absolute atomic E-state index is 0.0870. The van der Waals surface area contributed by atoms with Gasteiger partial charge in [0.1, 0.15) is 0 Å². The van der Waals surface area contributed by atoms with Gasteiger partial charge in [-0.3, -0.25) is 14.8 Å². The molecule has 0 saturated carbocycles. The molecular formula is C14H12N2O2S. The van der Waals surface area contributed by atoms with E-state index in [2.05, 4.69) is 23.0 Å². The number of para-hydroxylation sites is 1. The van der Waals surface area contributed by atoms with E-state index in [1.807, 2.05) is 12.1 Å². The number of nitrogens with one attached hydrogen (secondary N) is 1. The number of allylic oxidation sites excluding steroid dienone is 1. The average Bonchev–Trinajstić information content (AvgIpc) is 2.94. The first-order chi connectivity index (χ1) is 9.19. The number of thiazole rings is 1. The van der Waals surface area contributed by atoms with Gasteiger partial charge in [0.2, 0.25) is 5.88 Å². The molecule has 0 unspecified atom stereocenters. The van der Waals surface area contributed by atoms with Crippen molar-refractivity contribution in [3.8, 4) is 5.88 Å². The van der Waals surface area contributed by atoms with E-state index in [1.165, 1.54) is 5.56 Å². The molecule has 96 valence electrons. The van der Waals surface area contributed by atoms with Crippen LogP contribution in [0.1, 0.15) is 22.9 Å². The van der Waals surface area contributed by atoms with Crippen molar-refractivity contribution in [3.63, 3.8) is 0 Å². The lowest BCUT2D eigenvalue weighted by Gasteiger charge is -2.04. The van der Waals surface area contributed by atoms with Crippen LogP contribution in [0, 0.1) is 0 Å². The first-order valence-electron chi connectivity index (χ1n) is 5.99. The molecule has 5 heteroatoms. The van der Waals surface area contributed by atoms with Crippen LogP contribution in [0.2, 0.25) is 0 Å². The van der Waals surface area contributed by atoms with E-state index >= 15 is 0 Å². The Labute approximate surface area is 113 Å². The lowest BCUT2D eigenvalue weighted by molar-refractivity contribution is 0.455. The molecule has 2 heterocycles. The molecule has 0 atom stereocenters. The van der Waals surface area contributed by atoms with Crippen molar-refractivity contribution in [1.82, 2.24) is 4.98 Å². The minimum atomic E-state index is -0.262. The van der Waals surface area contributed by atoms with E-state index < -0.39 is 0 Å². The van der Waals surface area contributed by atoms with E-state index in [0.29, 0.717) is 4.88 Å². The Kier molecular flexibility index (Phi) is 2.83. The van der Waals surface area contributed by atoms with Gasteiger partial charge in [-0.05, 0) is 18.1 Å². The largest absolute Gasteiger partial charge is 0.493 e. The van der Waals surface area contributed by atoms with Gasteiger partial charge in [0.25, 0.3) is 0 Å². The third-order valence-corrected chi connectivity index (χ3v) is 3.91. The predicted octanol–water partition coefficient (Wildman–Crippen LogP) is 2.96. The number of H-pyrrole nitrogens is 1. The molecule has 2 N–H and O–H groups in total. The number of hydrogen-bond donors (Lipinski definition) is 2. The van der Waals surface area contributed by atoms with Crippen LogP contribution in [-0.2, 0) is 6.42 Å². The number of aryl methyl sites for hydroxylation is 1. The second kappa shape index (κ2) is 4.51. The van der Waals surface area contributed by atoms with Crippen molar-refractivity contribution >= 4 is 34.9 Å². The molecule has 0 bridgehead atoms. The molecule has 4 nitrogen and oxygen atoms in total. The summed E-state index contributed by atoms with van der Waals surface area (Å²) in [6, 6.07) is 6.06. The zero-order valence-corrected chi connectivity index (χ0v) is 11.1. The number of aromatic nitrogens is 1. The Hall–Kier alpha value is -2.14. The first-order valence-corrected chi connectivity index (χ1v) is 6.80. The molecule has 3 rings (SSSR count). The van der Waals surface area contributed by atoms with Gasteiger partial charge >= 0.3 is 4.87 Å². The van der Waals surface area contributed by atoms with Crippen LogP contribution in [0.3, 0.4) is 0 Å². The molecule has 1 aliphatic heterocycles. The molecule has 0 spiro atoms. The summed E-state index contributed by atoms with van der Waals surface area (Å²) in [6.45, 7) is 2.09. The lowest BCUT2D eigenvalue weighted by Crippen LogP contribution is -1.89. The van der Waals surface area contributed by atoms with Crippen LogP contribution in [0.25, 0.3) is 11.6 Å². The lowest BCUT2D eigenvalue weighted by atomic mass is 10.0. The predicted molar refractivity (Wildman–Crippen MR) is 78.4 cm³/mol. The summed E-state index contributed by atoms with van der Waals surface area (Å²) in [5.41, 5.74) is 4.14. The van der Waals surface area contributed by atoms with Crippen LogP contribution >= 0.6 is 11.3 Å². The van der Waals surface area contributed by atoms with Crippen molar-refractivity contribution in [2.45, 2.75) is 13.3 Å². The molecule has 2 aromatic rings. The monoisotopic (exact) mass is 272 g/mol. The number of hydrogen-bond acceptors (Lipinski definition) is 4. The number of nitrogens with zero attached hydrogens (tertiary/aromatic N) is 1. The van der Waals surface area contributed by atoms with E-state index in [0.717, 1.165) is 34.6 Å². The molecule has 0 fully saturated rings. The number of aromatic amines is 1. The Bertz CT molecular complexity index is 753. The van der Waals surface area contributed by atoms with Crippen molar-refractivity contribution < 1.29 is 5.11 Å². The molecule has 1 aromatic carbocycles. The Morgan fingerprint density at radius 2 is 2.32 bits per heavy atom. The average molecular weight is 272 g/mol. The first kappa shape index (κ1) is 11.9. The fourth-order valence-electron chi connectivity index (χ4n) is 2.15. The molecule has 1 aliphatic rings. The topological polar surface area (TPSA) is 65.5 Å². The van der Waals surface area contributed by atoms with Gasteiger partial charge in [-0.25, -0.2) is 0 Å².